The second-order valence-electron chi connectivity index (χ2n) is 17.4. The number of esters is 1. The van der Waals surface area contributed by atoms with Gasteiger partial charge in [-0.3, -0.25) is 4.79 Å². The van der Waals surface area contributed by atoms with Crippen LogP contribution in [0.25, 0.3) is 0 Å². The van der Waals surface area contributed by atoms with Gasteiger partial charge in [-0.25, -0.2) is 0 Å². The smallest absolute Gasteiger partial charge is 0.311 e. The zero-order valence-electron chi connectivity index (χ0n) is 36.3. The van der Waals surface area contributed by atoms with E-state index in [9.17, 15) is 30.3 Å². The molecule has 3 heterocycles. The molecule has 0 aromatic heterocycles. The van der Waals surface area contributed by atoms with Crippen molar-refractivity contribution < 1.29 is 68.3 Å². The number of methoxy groups -OCH3 is 1. The van der Waals surface area contributed by atoms with Crippen LogP contribution in [0.4, 0.5) is 0 Å². The summed E-state index contributed by atoms with van der Waals surface area (Å²) < 4.78 is 43.0. The Morgan fingerprint density at radius 2 is 1.60 bits per heavy atom. The van der Waals surface area contributed by atoms with E-state index in [2.05, 4.69) is 5.16 Å². The first kappa shape index (κ1) is 50.1. The van der Waals surface area contributed by atoms with E-state index in [1.807, 2.05) is 25.9 Å². The molecule has 0 aromatic carbocycles. The van der Waals surface area contributed by atoms with Gasteiger partial charge in [0.25, 0.3) is 0 Å². The average molecular weight is 841 g/mol. The molecule has 0 aliphatic carbocycles. The molecule has 16 nitrogen and oxygen atoms in total. The maximum Gasteiger partial charge on any atom is 0.311 e. The number of alkyl halides is 1. The fourth-order valence-corrected chi connectivity index (χ4v) is 8.95. The van der Waals surface area contributed by atoms with Gasteiger partial charge in [-0.2, -0.15) is 0 Å². The third-order valence-corrected chi connectivity index (χ3v) is 12.5. The Labute approximate surface area is 344 Å². The molecule has 5 N–H and O–H groups in total. The molecule has 3 aliphatic rings. The van der Waals surface area contributed by atoms with Gasteiger partial charge in [0.1, 0.15) is 23.9 Å². The van der Waals surface area contributed by atoms with E-state index in [1.54, 1.807) is 55.4 Å². The molecule has 18 atom stereocenters. The SMILES string of the molecule is CC[C@H]1OC(=O)[C@H](C)[C@@H](O[C@H]2C[C@@](C)(OC)[C@@H](O)[C@H](C)O2)[C@H](C)[C@@H](O[C@@H]2O[C@H](C)C[C@H](N(C)C)[C@H]2O)[C@](C)(O)C[C@@H](C)C(=NOCOCCCl)[C@H](C)[C@@H](O)[C@]1(C)O. The van der Waals surface area contributed by atoms with Crippen LogP contribution in [-0.4, -0.2) is 167 Å². The van der Waals surface area contributed by atoms with Gasteiger partial charge in [-0.15, -0.1) is 11.6 Å². The van der Waals surface area contributed by atoms with Crippen molar-refractivity contribution in [2.75, 3.05) is 40.5 Å². The minimum atomic E-state index is -1.97. The Morgan fingerprint density at radius 1 is 0.947 bits per heavy atom. The fraction of sp³-hybridized carbons (Fsp3) is 0.950. The number of nitrogens with zero attached hydrogens (tertiary/aromatic N) is 2. The summed E-state index contributed by atoms with van der Waals surface area (Å²) in [4.78, 5) is 21.7. The molecule has 0 bridgehead atoms. The van der Waals surface area contributed by atoms with Crippen LogP contribution in [0.1, 0.15) is 94.9 Å². The molecule has 3 aliphatic heterocycles. The molecule has 334 valence electrons. The van der Waals surface area contributed by atoms with Crippen molar-refractivity contribution in [3.05, 3.63) is 0 Å². The van der Waals surface area contributed by atoms with Crippen LogP contribution in [0.2, 0.25) is 0 Å². The van der Waals surface area contributed by atoms with E-state index in [4.69, 9.17) is 49.6 Å². The summed E-state index contributed by atoms with van der Waals surface area (Å²) in [6.07, 6.45) is -9.50. The van der Waals surface area contributed by atoms with Crippen LogP contribution in [-0.2, 0) is 42.8 Å². The van der Waals surface area contributed by atoms with Gasteiger partial charge >= 0.3 is 5.97 Å². The summed E-state index contributed by atoms with van der Waals surface area (Å²) in [5.41, 5.74) is -4.50. The minimum absolute atomic E-state index is 0.0327. The maximum absolute atomic E-state index is 14.3. The summed E-state index contributed by atoms with van der Waals surface area (Å²) in [6, 6.07) is -0.328. The lowest BCUT2D eigenvalue weighted by molar-refractivity contribution is -0.317. The standard InChI is InChI=1S/C40H73ClN2O14/c1-14-28-40(10,49)33(45)23(4)30(42-52-20-51-16-15-41)21(2)18-38(8,48)35(57-37-31(44)27(43(11)12)17-22(3)53-37)24(5)32(25(6)36(47)55-28)56-29-19-39(9,50-13)34(46)26(7)54-29/h21-29,31-35,37,44-46,48-49H,14-20H2,1-13H3/t21-,22-,23+,24+,25-,26+,27+,28-,29+,31-,32+,33-,34+,35-,37+,38-,39-,40-/m1/s1. The van der Waals surface area contributed by atoms with Crippen LogP contribution in [0, 0.1) is 23.7 Å². The summed E-state index contributed by atoms with van der Waals surface area (Å²) in [6.45, 7) is 16.9. The second-order valence-corrected chi connectivity index (χ2v) is 17.8. The molecule has 0 amide bonds. The summed E-state index contributed by atoms with van der Waals surface area (Å²) in [5.74, 6) is -3.90. The third-order valence-electron chi connectivity index (χ3n) is 12.4. The van der Waals surface area contributed by atoms with Crippen LogP contribution in [0.3, 0.4) is 0 Å². The third kappa shape index (κ3) is 12.0. The second kappa shape index (κ2) is 21.0. The van der Waals surface area contributed by atoms with Gasteiger partial charge in [0.05, 0.1) is 60.0 Å². The summed E-state index contributed by atoms with van der Waals surface area (Å²) >= 11 is 5.75. The number of ether oxygens (including phenoxy) is 7. The van der Waals surface area contributed by atoms with E-state index in [-0.39, 0.29) is 50.7 Å². The highest BCUT2D eigenvalue weighted by atomic mass is 35.5. The van der Waals surface area contributed by atoms with Crippen LogP contribution in [0.5, 0.6) is 0 Å². The number of aliphatic hydroxyl groups excluding tert-OH is 3. The number of rotatable bonds is 12. The fourth-order valence-electron chi connectivity index (χ4n) is 8.85. The lowest BCUT2D eigenvalue weighted by atomic mass is 9.73. The zero-order valence-corrected chi connectivity index (χ0v) is 37.0. The van der Waals surface area contributed by atoms with Gasteiger partial charge in [-0.1, -0.05) is 32.9 Å². The zero-order chi connectivity index (χ0) is 43.2. The number of hydrogen-bond acceptors (Lipinski definition) is 16. The lowest BCUT2D eigenvalue weighted by Gasteiger charge is -2.49. The molecular formula is C40H73ClN2O14. The topological polar surface area (TPSA) is 208 Å². The lowest BCUT2D eigenvalue weighted by Crippen LogP contribution is -2.61. The highest BCUT2D eigenvalue weighted by Crippen LogP contribution is 2.41. The maximum atomic E-state index is 14.3. The van der Waals surface area contributed by atoms with E-state index >= 15 is 0 Å². The Morgan fingerprint density at radius 3 is 2.18 bits per heavy atom. The number of carbonyl (C=O) groups is 1. The molecule has 3 saturated heterocycles. The number of hydrogen-bond donors (Lipinski definition) is 5. The number of likely N-dealkylation sites (N-methyl/N-ethyl adjacent to an activating group) is 1. The molecule has 0 radical (unpaired) electrons. The molecule has 0 spiro atoms. The summed E-state index contributed by atoms with van der Waals surface area (Å²) in [5, 5.41) is 63.4. The van der Waals surface area contributed by atoms with Crippen LogP contribution < -0.4 is 0 Å². The van der Waals surface area contributed by atoms with Gasteiger partial charge in [0, 0.05) is 43.2 Å². The van der Waals surface area contributed by atoms with Gasteiger partial charge in [0.2, 0.25) is 6.79 Å². The van der Waals surface area contributed by atoms with Crippen molar-refractivity contribution in [2.24, 2.45) is 28.8 Å². The van der Waals surface area contributed by atoms with Gasteiger partial charge in [-0.05, 0) is 74.9 Å². The van der Waals surface area contributed by atoms with E-state index in [0.29, 0.717) is 12.1 Å². The molecule has 0 unspecified atom stereocenters. The Balaban J connectivity index is 2.23. The molecule has 3 fully saturated rings. The first-order chi connectivity index (χ1) is 26.5. The number of halogens is 1. The van der Waals surface area contributed by atoms with Crippen molar-refractivity contribution in [3.8, 4) is 0 Å². The first-order valence-electron chi connectivity index (χ1n) is 20.3. The Bertz CT molecular complexity index is 1290. The number of aliphatic hydroxyl groups is 5. The molecule has 57 heavy (non-hydrogen) atoms. The normalized spacial score (nSPS) is 46.4. The van der Waals surface area contributed by atoms with Gasteiger partial charge < -0.3 is 68.4 Å². The Kier molecular flexibility index (Phi) is 18.5. The predicted molar refractivity (Wildman–Crippen MR) is 211 cm³/mol. The van der Waals surface area contributed by atoms with E-state index in [1.165, 1.54) is 14.0 Å². The molecular weight excluding hydrogens is 768 g/mol. The highest BCUT2D eigenvalue weighted by Gasteiger charge is 2.53. The molecule has 3 rings (SSSR count). The largest absolute Gasteiger partial charge is 0.459 e. The summed E-state index contributed by atoms with van der Waals surface area (Å²) in [7, 11) is 5.21. The average Bonchev–Trinajstić information content (AvgIpc) is 3.14. The number of cyclic esters (lactones) is 1. The van der Waals surface area contributed by atoms with Crippen molar-refractivity contribution in [1.82, 2.24) is 4.90 Å². The molecule has 17 heteroatoms. The van der Waals surface area contributed by atoms with Crippen LogP contribution in [0.15, 0.2) is 5.16 Å². The van der Waals surface area contributed by atoms with E-state index in [0.717, 1.165) is 0 Å². The predicted octanol–water partition coefficient (Wildman–Crippen LogP) is 2.80. The Hall–Kier alpha value is -1.25. The number of carbonyl (C=O) groups excluding carboxylic acids is 1. The van der Waals surface area contributed by atoms with Crippen molar-refractivity contribution in [1.29, 1.82) is 0 Å². The van der Waals surface area contributed by atoms with Gasteiger partial charge in [0.15, 0.2) is 12.6 Å². The van der Waals surface area contributed by atoms with Crippen molar-refractivity contribution in [3.63, 3.8) is 0 Å². The van der Waals surface area contributed by atoms with Crippen molar-refractivity contribution >= 4 is 23.3 Å². The van der Waals surface area contributed by atoms with Crippen LogP contribution >= 0.6 is 11.6 Å². The minimum Gasteiger partial charge on any atom is -0.459 e. The molecule has 0 saturated carbocycles. The number of oxime groups is 1. The molecule has 0 aromatic rings. The first-order valence-corrected chi connectivity index (χ1v) is 20.9. The quantitative estimate of drug-likeness (QED) is 0.0630. The monoisotopic (exact) mass is 840 g/mol. The van der Waals surface area contributed by atoms with E-state index < -0.39 is 102 Å². The highest BCUT2D eigenvalue weighted by molar-refractivity contribution is 6.17. The van der Waals surface area contributed by atoms with Crippen molar-refractivity contribution in [2.45, 2.75) is 179 Å².